The van der Waals surface area contributed by atoms with Gasteiger partial charge in [-0.05, 0) is 61.3 Å². The van der Waals surface area contributed by atoms with Crippen LogP contribution in [0.4, 0.5) is 4.39 Å². The van der Waals surface area contributed by atoms with Crippen molar-refractivity contribution in [1.82, 2.24) is 0 Å². The maximum Gasteiger partial charge on any atom is 0.311 e. The van der Waals surface area contributed by atoms with Gasteiger partial charge in [-0.1, -0.05) is 49.8 Å². The molecular formula is C26H26FNO3. The Morgan fingerprint density at radius 1 is 1.19 bits per heavy atom. The van der Waals surface area contributed by atoms with E-state index in [1.54, 1.807) is 24.3 Å². The summed E-state index contributed by atoms with van der Waals surface area (Å²) >= 11 is 0. The molecule has 1 unspecified atom stereocenters. The van der Waals surface area contributed by atoms with Crippen molar-refractivity contribution in [2.24, 2.45) is 17.3 Å². The Bertz CT molecular complexity index is 1030. The van der Waals surface area contributed by atoms with Crippen LogP contribution in [0.15, 0.2) is 60.2 Å². The standard InChI is InChI=1S/C26H26FNO3/c1-26(2)20(14-17-8-6-7-9-17)24(26)25(29)31-23(16-28)18-12-13-21(27)22(15-18)30-19-10-4-3-5-11-19/h3-5,10-15,20,23-24H,6-9H2,1-2H3/t20-,23?,24-/m0/s1. The molecule has 2 aromatic rings. The van der Waals surface area contributed by atoms with Crippen LogP contribution in [0.2, 0.25) is 0 Å². The van der Waals surface area contributed by atoms with Crippen molar-refractivity contribution in [2.75, 3.05) is 0 Å². The Morgan fingerprint density at radius 2 is 1.90 bits per heavy atom. The number of para-hydroxylation sites is 1. The largest absolute Gasteiger partial charge is 0.454 e. The van der Waals surface area contributed by atoms with Gasteiger partial charge < -0.3 is 9.47 Å². The third-order valence-corrected chi connectivity index (χ3v) is 6.41. The van der Waals surface area contributed by atoms with Crippen LogP contribution in [0.25, 0.3) is 0 Å². The maximum absolute atomic E-state index is 14.2. The summed E-state index contributed by atoms with van der Waals surface area (Å²) in [7, 11) is 0. The van der Waals surface area contributed by atoms with Crippen LogP contribution in [0, 0.1) is 34.4 Å². The molecule has 2 aromatic carbocycles. The van der Waals surface area contributed by atoms with E-state index in [-0.39, 0.29) is 29.0 Å². The molecule has 3 atom stereocenters. The molecule has 0 spiro atoms. The first-order valence-corrected chi connectivity index (χ1v) is 10.7. The third kappa shape index (κ3) is 4.49. The van der Waals surface area contributed by atoms with Gasteiger partial charge >= 0.3 is 5.97 Å². The van der Waals surface area contributed by atoms with E-state index < -0.39 is 11.9 Å². The molecule has 0 radical (unpaired) electrons. The van der Waals surface area contributed by atoms with E-state index in [2.05, 4.69) is 19.9 Å². The van der Waals surface area contributed by atoms with Crippen LogP contribution in [-0.4, -0.2) is 5.97 Å². The number of hydrogen-bond donors (Lipinski definition) is 0. The predicted octanol–water partition coefficient (Wildman–Crippen LogP) is 6.50. The van der Waals surface area contributed by atoms with Crippen molar-refractivity contribution in [2.45, 2.75) is 45.6 Å². The smallest absolute Gasteiger partial charge is 0.311 e. The van der Waals surface area contributed by atoms with E-state index in [0.29, 0.717) is 11.3 Å². The van der Waals surface area contributed by atoms with Crippen molar-refractivity contribution < 1.29 is 18.7 Å². The lowest BCUT2D eigenvalue weighted by molar-refractivity contribution is -0.149. The molecule has 2 saturated carbocycles. The van der Waals surface area contributed by atoms with E-state index in [4.69, 9.17) is 9.47 Å². The van der Waals surface area contributed by atoms with Gasteiger partial charge in [-0.15, -0.1) is 0 Å². The molecule has 0 bridgehead atoms. The fourth-order valence-electron chi connectivity index (χ4n) is 4.42. The van der Waals surface area contributed by atoms with Gasteiger partial charge in [0.05, 0.1) is 5.92 Å². The second-order valence-corrected chi connectivity index (χ2v) is 8.91. The highest BCUT2D eigenvalue weighted by atomic mass is 19.1. The van der Waals surface area contributed by atoms with E-state index in [9.17, 15) is 14.4 Å². The Kier molecular flexibility index (Phi) is 5.82. The minimum atomic E-state index is -1.12. The van der Waals surface area contributed by atoms with Crippen LogP contribution in [0.3, 0.4) is 0 Å². The molecule has 160 valence electrons. The summed E-state index contributed by atoms with van der Waals surface area (Å²) in [6.45, 7) is 4.11. The average Bonchev–Trinajstić information content (AvgIpc) is 3.08. The zero-order valence-corrected chi connectivity index (χ0v) is 17.8. The molecule has 2 aliphatic rings. The molecule has 0 saturated heterocycles. The number of hydrogen-bond acceptors (Lipinski definition) is 4. The molecule has 4 nitrogen and oxygen atoms in total. The van der Waals surface area contributed by atoms with Gasteiger partial charge in [0, 0.05) is 5.56 Å². The summed E-state index contributed by atoms with van der Waals surface area (Å²) in [5.74, 6) is -0.606. The van der Waals surface area contributed by atoms with Gasteiger partial charge in [-0.2, -0.15) is 5.26 Å². The molecule has 0 N–H and O–H groups in total. The van der Waals surface area contributed by atoms with Crippen LogP contribution >= 0.6 is 0 Å². The molecule has 0 heterocycles. The molecule has 2 aliphatic carbocycles. The highest BCUT2D eigenvalue weighted by molar-refractivity contribution is 5.78. The number of carbonyl (C=O) groups is 1. The van der Waals surface area contributed by atoms with E-state index >= 15 is 0 Å². The Morgan fingerprint density at radius 3 is 2.58 bits per heavy atom. The highest BCUT2D eigenvalue weighted by Crippen LogP contribution is 2.60. The Hall–Kier alpha value is -3.13. The summed E-state index contributed by atoms with van der Waals surface area (Å²) in [4.78, 5) is 12.9. The minimum Gasteiger partial charge on any atom is -0.454 e. The van der Waals surface area contributed by atoms with Crippen molar-refractivity contribution in [3.63, 3.8) is 0 Å². The van der Waals surface area contributed by atoms with E-state index in [0.717, 1.165) is 12.8 Å². The van der Waals surface area contributed by atoms with Gasteiger partial charge in [0.1, 0.15) is 11.8 Å². The number of esters is 1. The molecule has 4 rings (SSSR count). The topological polar surface area (TPSA) is 59.3 Å². The first-order chi connectivity index (χ1) is 14.9. The molecule has 31 heavy (non-hydrogen) atoms. The lowest BCUT2D eigenvalue weighted by Crippen LogP contribution is -2.14. The van der Waals surface area contributed by atoms with Crippen LogP contribution in [0.1, 0.15) is 51.2 Å². The first-order valence-electron chi connectivity index (χ1n) is 10.7. The van der Waals surface area contributed by atoms with E-state index in [1.165, 1.54) is 36.6 Å². The quantitative estimate of drug-likeness (QED) is 0.396. The van der Waals surface area contributed by atoms with Crippen molar-refractivity contribution in [3.8, 4) is 17.6 Å². The maximum atomic E-state index is 14.2. The number of nitrogens with zero attached hydrogens (tertiary/aromatic N) is 1. The fraction of sp³-hybridized carbons (Fsp3) is 0.385. The lowest BCUT2D eigenvalue weighted by atomic mass is 10.1. The minimum absolute atomic E-state index is 0.0180. The van der Waals surface area contributed by atoms with Crippen LogP contribution in [-0.2, 0) is 9.53 Å². The first kappa shape index (κ1) is 21.1. The summed E-state index contributed by atoms with van der Waals surface area (Å²) in [6.07, 6.45) is 5.75. The molecule has 2 fully saturated rings. The molecule has 0 aromatic heterocycles. The number of rotatable bonds is 6. The summed E-state index contributed by atoms with van der Waals surface area (Å²) in [6, 6.07) is 14.9. The zero-order chi connectivity index (χ0) is 22.0. The number of benzene rings is 2. The second-order valence-electron chi connectivity index (χ2n) is 8.91. The van der Waals surface area contributed by atoms with Gasteiger partial charge in [0.25, 0.3) is 0 Å². The van der Waals surface area contributed by atoms with Gasteiger partial charge in [-0.25, -0.2) is 4.39 Å². The SMILES string of the molecule is CC1(C)[C@H](C(=O)OC(C#N)c2ccc(F)c(Oc3ccccc3)c2)[C@@H]1C=C1CCCC1. The molecule has 0 amide bonds. The summed E-state index contributed by atoms with van der Waals surface area (Å²) in [5, 5.41) is 9.63. The molecule has 5 heteroatoms. The summed E-state index contributed by atoms with van der Waals surface area (Å²) in [5.41, 5.74) is 1.62. The normalized spacial score (nSPS) is 22.3. The number of halogens is 1. The Balaban J connectivity index is 1.48. The zero-order valence-electron chi connectivity index (χ0n) is 17.8. The fourth-order valence-corrected chi connectivity index (χ4v) is 4.42. The number of ether oxygens (including phenoxy) is 2. The summed E-state index contributed by atoms with van der Waals surface area (Å²) < 4.78 is 25.4. The van der Waals surface area contributed by atoms with Crippen LogP contribution < -0.4 is 4.74 Å². The van der Waals surface area contributed by atoms with E-state index in [1.807, 2.05) is 12.1 Å². The third-order valence-electron chi connectivity index (χ3n) is 6.41. The number of carbonyl (C=O) groups excluding carboxylic acids is 1. The Labute approximate surface area is 182 Å². The van der Waals surface area contributed by atoms with Crippen molar-refractivity contribution in [3.05, 3.63) is 71.6 Å². The average molecular weight is 419 g/mol. The number of nitriles is 1. The molecular weight excluding hydrogens is 393 g/mol. The van der Waals surface area contributed by atoms with Crippen LogP contribution in [0.5, 0.6) is 11.5 Å². The monoisotopic (exact) mass is 419 g/mol. The highest BCUT2D eigenvalue weighted by Gasteiger charge is 2.61. The van der Waals surface area contributed by atoms with Gasteiger partial charge in [0.15, 0.2) is 11.6 Å². The number of allylic oxidation sites excluding steroid dienone is 2. The lowest BCUT2D eigenvalue weighted by Gasteiger charge is -2.14. The van der Waals surface area contributed by atoms with Crippen molar-refractivity contribution >= 4 is 5.97 Å². The second kappa shape index (κ2) is 8.55. The van der Waals surface area contributed by atoms with Gasteiger partial charge in [0.2, 0.25) is 6.10 Å². The molecule has 0 aliphatic heterocycles. The van der Waals surface area contributed by atoms with Crippen molar-refractivity contribution in [1.29, 1.82) is 5.26 Å². The van der Waals surface area contributed by atoms with Gasteiger partial charge in [-0.3, -0.25) is 4.79 Å². The predicted molar refractivity (Wildman–Crippen MR) is 115 cm³/mol.